The molecule has 0 atom stereocenters. The molecule has 0 aliphatic carbocycles. The van der Waals surface area contributed by atoms with Crippen molar-refractivity contribution in [1.29, 1.82) is 0 Å². The Labute approximate surface area is 183 Å². The van der Waals surface area contributed by atoms with Gasteiger partial charge in [0.25, 0.3) is 5.91 Å². The lowest BCUT2D eigenvalue weighted by atomic mass is 10.1. The number of aromatic amines is 1. The third-order valence-electron chi connectivity index (χ3n) is 5.37. The van der Waals surface area contributed by atoms with Crippen LogP contribution in [-0.2, 0) is 0 Å². The van der Waals surface area contributed by atoms with Gasteiger partial charge in [-0.15, -0.1) is 10.2 Å². The highest BCUT2D eigenvalue weighted by atomic mass is 16.5. The van der Waals surface area contributed by atoms with Gasteiger partial charge >= 0.3 is 0 Å². The van der Waals surface area contributed by atoms with Crippen LogP contribution in [0.3, 0.4) is 0 Å². The molecule has 1 fully saturated rings. The first kappa shape index (κ1) is 19.7. The van der Waals surface area contributed by atoms with Crippen LogP contribution < -0.4 is 9.64 Å². The first-order valence-corrected chi connectivity index (χ1v) is 10.1. The molecule has 4 aromatic rings. The standard InChI is InChI=1S/C21H21N9O2/c1-32-18-5-3-2-4-15(18)16-12-17(25-24-16)21(31)29-10-8-28(9-11-29)19-6-7-20(27-26-19)30-14-22-13-23-30/h2-7,12-14H,8-11H2,1H3,(H,24,25). The number of benzene rings is 1. The summed E-state index contributed by atoms with van der Waals surface area (Å²) in [6.45, 7) is 2.48. The summed E-state index contributed by atoms with van der Waals surface area (Å²) in [6.07, 6.45) is 3.02. The fraction of sp³-hybridized carbons (Fsp3) is 0.238. The van der Waals surface area contributed by atoms with E-state index < -0.39 is 0 Å². The summed E-state index contributed by atoms with van der Waals surface area (Å²) in [5, 5.41) is 19.7. The van der Waals surface area contributed by atoms with Gasteiger partial charge in [0.15, 0.2) is 11.6 Å². The van der Waals surface area contributed by atoms with Gasteiger partial charge in [0.2, 0.25) is 0 Å². The number of H-pyrrole nitrogens is 1. The fourth-order valence-corrected chi connectivity index (χ4v) is 3.67. The summed E-state index contributed by atoms with van der Waals surface area (Å²) in [4.78, 5) is 20.8. The Bertz CT molecular complexity index is 1200. The highest BCUT2D eigenvalue weighted by Gasteiger charge is 2.25. The maximum atomic E-state index is 13.0. The van der Waals surface area contributed by atoms with Crippen LogP contribution >= 0.6 is 0 Å². The van der Waals surface area contributed by atoms with E-state index in [-0.39, 0.29) is 5.91 Å². The molecule has 0 radical (unpaired) electrons. The van der Waals surface area contributed by atoms with E-state index in [0.29, 0.717) is 49.1 Å². The molecule has 1 aliphatic heterocycles. The molecule has 4 heterocycles. The molecule has 5 rings (SSSR count). The molecule has 1 aliphatic rings. The van der Waals surface area contributed by atoms with E-state index in [4.69, 9.17) is 4.74 Å². The molecule has 162 valence electrons. The number of hydrogen-bond donors (Lipinski definition) is 1. The Morgan fingerprint density at radius 3 is 2.53 bits per heavy atom. The van der Waals surface area contributed by atoms with Crippen molar-refractivity contribution in [3.63, 3.8) is 0 Å². The predicted octanol–water partition coefficient (Wildman–Crippen LogP) is 1.42. The van der Waals surface area contributed by atoms with Crippen molar-refractivity contribution >= 4 is 11.7 Å². The van der Waals surface area contributed by atoms with Gasteiger partial charge in [-0.3, -0.25) is 9.89 Å². The number of piperazine rings is 1. The second-order valence-electron chi connectivity index (χ2n) is 7.24. The molecule has 0 unspecified atom stereocenters. The maximum absolute atomic E-state index is 13.0. The zero-order chi connectivity index (χ0) is 21.9. The van der Waals surface area contributed by atoms with E-state index >= 15 is 0 Å². The number of para-hydroxylation sites is 1. The summed E-state index contributed by atoms with van der Waals surface area (Å²) < 4.78 is 6.95. The molecule has 11 nitrogen and oxygen atoms in total. The lowest BCUT2D eigenvalue weighted by Gasteiger charge is -2.34. The Balaban J connectivity index is 1.23. The number of nitrogens with zero attached hydrogens (tertiary/aromatic N) is 8. The van der Waals surface area contributed by atoms with E-state index in [1.54, 1.807) is 24.2 Å². The Morgan fingerprint density at radius 1 is 1.03 bits per heavy atom. The zero-order valence-corrected chi connectivity index (χ0v) is 17.4. The van der Waals surface area contributed by atoms with Crippen molar-refractivity contribution in [2.75, 3.05) is 38.2 Å². The van der Waals surface area contributed by atoms with Crippen LogP contribution in [0.15, 0.2) is 55.1 Å². The minimum Gasteiger partial charge on any atom is -0.496 e. The smallest absolute Gasteiger partial charge is 0.272 e. The number of carbonyl (C=O) groups excluding carboxylic acids is 1. The number of hydrogen-bond acceptors (Lipinski definition) is 8. The molecule has 3 aromatic heterocycles. The first-order valence-electron chi connectivity index (χ1n) is 10.1. The van der Waals surface area contributed by atoms with Crippen molar-refractivity contribution in [2.24, 2.45) is 0 Å². The fourth-order valence-electron chi connectivity index (χ4n) is 3.67. The van der Waals surface area contributed by atoms with Gasteiger partial charge < -0.3 is 14.5 Å². The number of aromatic nitrogens is 7. The SMILES string of the molecule is COc1ccccc1-c1cc(C(=O)N2CCN(c3ccc(-n4cncn4)nn3)CC2)[nH]n1. The summed E-state index contributed by atoms with van der Waals surface area (Å²) >= 11 is 0. The molecule has 1 amide bonds. The molecule has 0 spiro atoms. The van der Waals surface area contributed by atoms with Gasteiger partial charge in [0.05, 0.1) is 12.8 Å². The van der Waals surface area contributed by atoms with Gasteiger partial charge in [-0.25, -0.2) is 9.67 Å². The maximum Gasteiger partial charge on any atom is 0.272 e. The van der Waals surface area contributed by atoms with Crippen LogP contribution in [0.1, 0.15) is 10.5 Å². The number of nitrogens with one attached hydrogen (secondary N) is 1. The largest absolute Gasteiger partial charge is 0.496 e. The van der Waals surface area contributed by atoms with Crippen molar-refractivity contribution in [3.05, 3.63) is 60.8 Å². The highest BCUT2D eigenvalue weighted by Crippen LogP contribution is 2.28. The molecule has 32 heavy (non-hydrogen) atoms. The lowest BCUT2D eigenvalue weighted by molar-refractivity contribution is 0.0740. The number of methoxy groups -OCH3 is 1. The monoisotopic (exact) mass is 431 g/mol. The number of carbonyl (C=O) groups is 1. The van der Waals surface area contributed by atoms with Crippen molar-refractivity contribution in [1.82, 2.24) is 40.1 Å². The van der Waals surface area contributed by atoms with Gasteiger partial charge in [-0.1, -0.05) is 12.1 Å². The minimum absolute atomic E-state index is 0.0779. The molecule has 1 saturated heterocycles. The number of amides is 1. The molecule has 1 aromatic carbocycles. The van der Waals surface area contributed by atoms with E-state index in [9.17, 15) is 4.79 Å². The van der Waals surface area contributed by atoms with E-state index in [1.807, 2.05) is 41.3 Å². The summed E-state index contributed by atoms with van der Waals surface area (Å²) in [5.41, 5.74) is 1.96. The highest BCUT2D eigenvalue weighted by molar-refractivity contribution is 5.93. The predicted molar refractivity (Wildman–Crippen MR) is 116 cm³/mol. The Morgan fingerprint density at radius 2 is 1.81 bits per heavy atom. The lowest BCUT2D eigenvalue weighted by Crippen LogP contribution is -2.49. The average molecular weight is 431 g/mol. The van der Waals surface area contributed by atoms with Crippen LogP contribution in [0.25, 0.3) is 17.1 Å². The second-order valence-corrected chi connectivity index (χ2v) is 7.24. The topological polar surface area (TPSA) is 118 Å². The van der Waals surface area contributed by atoms with E-state index in [0.717, 1.165) is 11.4 Å². The molecule has 0 bridgehead atoms. The summed E-state index contributed by atoms with van der Waals surface area (Å²) in [5.74, 6) is 2.00. The third-order valence-corrected chi connectivity index (χ3v) is 5.37. The van der Waals surface area contributed by atoms with Gasteiger partial charge in [0, 0.05) is 31.7 Å². The van der Waals surface area contributed by atoms with Crippen LogP contribution in [0.5, 0.6) is 5.75 Å². The first-order chi connectivity index (χ1) is 15.7. The van der Waals surface area contributed by atoms with Gasteiger partial charge in [-0.05, 0) is 30.3 Å². The number of anilines is 1. The van der Waals surface area contributed by atoms with Crippen molar-refractivity contribution in [2.45, 2.75) is 0 Å². The van der Waals surface area contributed by atoms with Gasteiger partial charge in [0.1, 0.15) is 24.1 Å². The molecule has 11 heteroatoms. The summed E-state index contributed by atoms with van der Waals surface area (Å²) in [6, 6.07) is 13.1. The minimum atomic E-state index is -0.0779. The van der Waals surface area contributed by atoms with Crippen LogP contribution in [0, 0.1) is 0 Å². The second kappa shape index (κ2) is 8.46. The molecule has 1 N–H and O–H groups in total. The van der Waals surface area contributed by atoms with Crippen LogP contribution in [0.2, 0.25) is 0 Å². The van der Waals surface area contributed by atoms with Crippen molar-refractivity contribution in [3.8, 4) is 22.8 Å². The molecular formula is C21H21N9O2. The van der Waals surface area contributed by atoms with Crippen molar-refractivity contribution < 1.29 is 9.53 Å². The summed E-state index contributed by atoms with van der Waals surface area (Å²) in [7, 11) is 1.61. The Kier molecular flexibility index (Phi) is 5.20. The Hall–Kier alpha value is -4.28. The van der Waals surface area contributed by atoms with E-state index in [1.165, 1.54) is 6.33 Å². The zero-order valence-electron chi connectivity index (χ0n) is 17.4. The number of rotatable bonds is 5. The molecule has 0 saturated carbocycles. The molecular weight excluding hydrogens is 410 g/mol. The van der Waals surface area contributed by atoms with Crippen LogP contribution in [0.4, 0.5) is 5.82 Å². The van der Waals surface area contributed by atoms with Crippen LogP contribution in [-0.4, -0.2) is 79.3 Å². The average Bonchev–Trinajstić information content (AvgIpc) is 3.57. The number of ether oxygens (including phenoxy) is 1. The quantitative estimate of drug-likeness (QED) is 0.504. The van der Waals surface area contributed by atoms with Gasteiger partial charge in [-0.2, -0.15) is 10.2 Å². The normalized spacial score (nSPS) is 13.9. The third kappa shape index (κ3) is 3.75. The van der Waals surface area contributed by atoms with E-state index in [2.05, 4.69) is 35.4 Å².